The molecule has 0 fully saturated rings. The third-order valence-electron chi connectivity index (χ3n) is 3.22. The fraction of sp³-hybridized carbons (Fsp3) is 0.312. The summed E-state index contributed by atoms with van der Waals surface area (Å²) < 4.78 is 0.810. The second kappa shape index (κ2) is 7.02. The molecule has 0 N–H and O–H groups in total. The van der Waals surface area contributed by atoms with Crippen molar-refractivity contribution in [3.8, 4) is 0 Å². The summed E-state index contributed by atoms with van der Waals surface area (Å²) in [6.07, 6.45) is 0.542. The standard InChI is InChI=1S/C16H18ClNOS/c1-12-5-3-4-6-14(12)15(19)9-10-18(2)11-13-7-8-16(17)20-13/h3-8H,9-11H2,1-2H3. The van der Waals surface area contributed by atoms with Crippen LogP contribution >= 0.6 is 22.9 Å². The zero-order valence-corrected chi connectivity index (χ0v) is 13.3. The zero-order valence-electron chi connectivity index (χ0n) is 11.7. The molecule has 1 heterocycles. The van der Waals surface area contributed by atoms with Crippen molar-refractivity contribution in [2.75, 3.05) is 13.6 Å². The van der Waals surface area contributed by atoms with E-state index >= 15 is 0 Å². The molecule has 106 valence electrons. The molecule has 0 saturated carbocycles. The van der Waals surface area contributed by atoms with Gasteiger partial charge in [-0.25, -0.2) is 0 Å². The Labute approximate surface area is 129 Å². The highest BCUT2D eigenvalue weighted by molar-refractivity contribution is 7.16. The monoisotopic (exact) mass is 307 g/mol. The van der Waals surface area contributed by atoms with Crippen LogP contribution in [0.1, 0.15) is 27.2 Å². The van der Waals surface area contributed by atoms with Gasteiger partial charge in [-0.05, 0) is 31.7 Å². The van der Waals surface area contributed by atoms with Crippen LogP contribution in [0.5, 0.6) is 0 Å². The molecule has 2 nitrogen and oxygen atoms in total. The number of aryl methyl sites for hydroxylation is 1. The van der Waals surface area contributed by atoms with Crippen molar-refractivity contribution in [2.24, 2.45) is 0 Å². The number of Topliss-reactive ketones (excluding diaryl/α,β-unsaturated/α-hetero) is 1. The summed E-state index contributed by atoms with van der Waals surface area (Å²) in [5, 5.41) is 0. The Bertz CT molecular complexity index is 594. The van der Waals surface area contributed by atoms with Crippen molar-refractivity contribution in [1.29, 1.82) is 0 Å². The predicted octanol–water partition coefficient (Wildman–Crippen LogP) is 4.41. The van der Waals surface area contributed by atoms with E-state index in [1.54, 1.807) is 11.3 Å². The van der Waals surface area contributed by atoms with Gasteiger partial charge in [-0.2, -0.15) is 0 Å². The normalized spacial score (nSPS) is 11.0. The molecule has 0 aliphatic carbocycles. The van der Waals surface area contributed by atoms with Crippen LogP contribution in [0.4, 0.5) is 0 Å². The number of rotatable bonds is 6. The first-order valence-corrected chi connectivity index (χ1v) is 7.77. The minimum atomic E-state index is 0.208. The average molecular weight is 308 g/mol. The molecule has 0 spiro atoms. The Hall–Kier alpha value is -1.16. The van der Waals surface area contributed by atoms with Gasteiger partial charge in [0.25, 0.3) is 0 Å². The minimum absolute atomic E-state index is 0.208. The van der Waals surface area contributed by atoms with Crippen molar-refractivity contribution < 1.29 is 4.79 Å². The average Bonchev–Trinajstić information content (AvgIpc) is 2.82. The first-order valence-electron chi connectivity index (χ1n) is 6.58. The van der Waals surface area contributed by atoms with Crippen LogP contribution in [-0.2, 0) is 6.54 Å². The molecule has 2 rings (SSSR count). The van der Waals surface area contributed by atoms with Gasteiger partial charge in [0.15, 0.2) is 5.78 Å². The second-order valence-electron chi connectivity index (χ2n) is 4.93. The van der Waals surface area contributed by atoms with Gasteiger partial charge in [0.05, 0.1) is 4.34 Å². The molecule has 0 unspecified atom stereocenters. The smallest absolute Gasteiger partial charge is 0.164 e. The summed E-state index contributed by atoms with van der Waals surface area (Å²) in [4.78, 5) is 15.6. The van der Waals surface area contributed by atoms with Crippen molar-refractivity contribution in [3.05, 3.63) is 56.7 Å². The Morgan fingerprint density at radius 3 is 2.65 bits per heavy atom. The van der Waals surface area contributed by atoms with Crippen LogP contribution in [0.3, 0.4) is 0 Å². The van der Waals surface area contributed by atoms with Crippen LogP contribution in [0.25, 0.3) is 0 Å². The van der Waals surface area contributed by atoms with Crippen molar-refractivity contribution >= 4 is 28.7 Å². The fourth-order valence-electron chi connectivity index (χ4n) is 2.09. The van der Waals surface area contributed by atoms with E-state index in [2.05, 4.69) is 4.90 Å². The van der Waals surface area contributed by atoms with Crippen molar-refractivity contribution in [2.45, 2.75) is 19.9 Å². The molecule has 0 atom stereocenters. The third kappa shape index (κ3) is 4.17. The van der Waals surface area contributed by atoms with Gasteiger partial charge in [-0.3, -0.25) is 4.79 Å². The molecule has 0 bridgehead atoms. The summed E-state index contributed by atoms with van der Waals surface area (Å²) >= 11 is 7.50. The molecule has 0 aliphatic rings. The molecule has 1 aromatic carbocycles. The van der Waals surface area contributed by atoms with E-state index in [1.165, 1.54) is 4.88 Å². The molecule has 0 amide bonds. The van der Waals surface area contributed by atoms with Crippen molar-refractivity contribution in [1.82, 2.24) is 4.90 Å². The van der Waals surface area contributed by atoms with E-state index in [1.807, 2.05) is 50.4 Å². The Balaban J connectivity index is 1.85. The maximum Gasteiger partial charge on any atom is 0.164 e. The van der Waals surface area contributed by atoms with E-state index in [9.17, 15) is 4.79 Å². The largest absolute Gasteiger partial charge is 0.301 e. The second-order valence-corrected chi connectivity index (χ2v) is 6.73. The molecular formula is C16H18ClNOS. The van der Waals surface area contributed by atoms with Crippen LogP contribution in [0.2, 0.25) is 4.34 Å². The first-order chi connectivity index (χ1) is 9.56. The summed E-state index contributed by atoms with van der Waals surface area (Å²) in [5.41, 5.74) is 1.88. The summed E-state index contributed by atoms with van der Waals surface area (Å²) in [7, 11) is 2.03. The highest BCUT2D eigenvalue weighted by Crippen LogP contribution is 2.22. The minimum Gasteiger partial charge on any atom is -0.301 e. The number of carbonyl (C=O) groups is 1. The number of hydrogen-bond donors (Lipinski definition) is 0. The lowest BCUT2D eigenvalue weighted by Crippen LogP contribution is -2.21. The topological polar surface area (TPSA) is 20.3 Å². The first kappa shape index (κ1) is 15.2. The maximum absolute atomic E-state index is 12.2. The quantitative estimate of drug-likeness (QED) is 0.737. The van der Waals surface area contributed by atoms with Gasteiger partial charge in [-0.15, -0.1) is 11.3 Å². The molecule has 2 aromatic rings. The van der Waals surface area contributed by atoms with Gasteiger partial charge in [0.2, 0.25) is 0 Å². The van der Waals surface area contributed by atoms with Gasteiger partial charge >= 0.3 is 0 Å². The third-order valence-corrected chi connectivity index (χ3v) is 4.44. The van der Waals surface area contributed by atoms with E-state index in [0.29, 0.717) is 6.42 Å². The number of thiophene rings is 1. The fourth-order valence-corrected chi connectivity index (χ4v) is 3.26. The van der Waals surface area contributed by atoms with Gasteiger partial charge < -0.3 is 4.90 Å². The molecule has 20 heavy (non-hydrogen) atoms. The lowest BCUT2D eigenvalue weighted by atomic mass is 10.0. The number of nitrogens with zero attached hydrogens (tertiary/aromatic N) is 1. The van der Waals surface area contributed by atoms with E-state index < -0.39 is 0 Å². The summed E-state index contributed by atoms with van der Waals surface area (Å²) in [6.45, 7) is 3.56. The van der Waals surface area contributed by atoms with Gasteiger partial charge in [0, 0.05) is 30.0 Å². The molecule has 4 heteroatoms. The Morgan fingerprint density at radius 2 is 2.00 bits per heavy atom. The lowest BCUT2D eigenvalue weighted by Gasteiger charge is -2.15. The van der Waals surface area contributed by atoms with Crippen LogP contribution < -0.4 is 0 Å². The lowest BCUT2D eigenvalue weighted by molar-refractivity contribution is 0.0967. The van der Waals surface area contributed by atoms with Gasteiger partial charge in [0.1, 0.15) is 0 Å². The maximum atomic E-state index is 12.2. The van der Waals surface area contributed by atoms with E-state index in [-0.39, 0.29) is 5.78 Å². The predicted molar refractivity (Wildman–Crippen MR) is 85.8 cm³/mol. The summed E-state index contributed by atoms with van der Waals surface area (Å²) in [5.74, 6) is 0.208. The van der Waals surface area contributed by atoms with Crippen LogP contribution in [-0.4, -0.2) is 24.3 Å². The SMILES string of the molecule is Cc1ccccc1C(=O)CCN(C)Cc1ccc(Cl)s1. The molecule has 1 aromatic heterocycles. The number of ketones is 1. The van der Waals surface area contributed by atoms with Crippen LogP contribution in [0, 0.1) is 6.92 Å². The zero-order chi connectivity index (χ0) is 14.5. The Morgan fingerprint density at radius 1 is 1.25 bits per heavy atom. The van der Waals surface area contributed by atoms with E-state index in [4.69, 9.17) is 11.6 Å². The Kier molecular flexibility index (Phi) is 5.35. The van der Waals surface area contributed by atoms with Crippen LogP contribution in [0.15, 0.2) is 36.4 Å². The number of halogens is 1. The van der Waals surface area contributed by atoms with E-state index in [0.717, 1.165) is 28.6 Å². The van der Waals surface area contributed by atoms with Gasteiger partial charge in [-0.1, -0.05) is 35.9 Å². The highest BCUT2D eigenvalue weighted by Gasteiger charge is 2.10. The highest BCUT2D eigenvalue weighted by atomic mass is 35.5. The molecule has 0 saturated heterocycles. The number of carbonyl (C=O) groups excluding carboxylic acids is 1. The summed E-state index contributed by atoms with van der Waals surface area (Å²) in [6, 6.07) is 11.7. The molecule has 0 aliphatic heterocycles. The van der Waals surface area contributed by atoms with Crippen molar-refractivity contribution in [3.63, 3.8) is 0 Å². The number of hydrogen-bond acceptors (Lipinski definition) is 3. The number of benzene rings is 1. The molecule has 0 radical (unpaired) electrons. The molecular weight excluding hydrogens is 290 g/mol.